The van der Waals surface area contributed by atoms with Crippen molar-refractivity contribution >= 4 is 0 Å². The lowest BCUT2D eigenvalue weighted by atomic mass is 10.2. The van der Waals surface area contributed by atoms with E-state index in [1.807, 2.05) is 24.3 Å². The molecule has 13 heavy (non-hydrogen) atoms. The van der Waals surface area contributed by atoms with Crippen molar-refractivity contribution in [1.82, 2.24) is 0 Å². The minimum Gasteiger partial charge on any atom is -0.489 e. The Hall–Kier alpha value is -1.02. The summed E-state index contributed by atoms with van der Waals surface area (Å²) in [6, 6.07) is 8.04. The Labute approximate surface area is 79.7 Å². The molecule has 1 unspecified atom stereocenters. The second-order valence-corrected chi connectivity index (χ2v) is 3.20. The van der Waals surface area contributed by atoms with E-state index in [0.29, 0.717) is 6.54 Å². The summed E-state index contributed by atoms with van der Waals surface area (Å²) in [7, 11) is 0. The van der Waals surface area contributed by atoms with Crippen LogP contribution in [-0.2, 0) is 0 Å². The molecule has 0 aromatic heterocycles. The van der Waals surface area contributed by atoms with Crippen molar-refractivity contribution < 1.29 is 4.74 Å². The fourth-order valence-corrected chi connectivity index (χ4v) is 1.11. The highest BCUT2D eigenvalue weighted by molar-refractivity contribution is 5.26. The Kier molecular flexibility index (Phi) is 3.77. The second-order valence-electron chi connectivity index (χ2n) is 3.20. The number of benzene rings is 1. The van der Waals surface area contributed by atoms with Crippen molar-refractivity contribution in [3.05, 3.63) is 29.8 Å². The van der Waals surface area contributed by atoms with E-state index in [4.69, 9.17) is 10.5 Å². The second kappa shape index (κ2) is 4.87. The number of rotatable bonds is 4. The van der Waals surface area contributed by atoms with Gasteiger partial charge in [-0.3, -0.25) is 0 Å². The van der Waals surface area contributed by atoms with Crippen LogP contribution in [0.2, 0.25) is 0 Å². The SMILES string of the molecule is CCC(CN)Oc1ccc(C)cc1. The van der Waals surface area contributed by atoms with Crippen molar-refractivity contribution in [1.29, 1.82) is 0 Å². The molecule has 0 fully saturated rings. The maximum absolute atomic E-state index is 5.64. The zero-order valence-corrected chi connectivity index (χ0v) is 8.29. The van der Waals surface area contributed by atoms with E-state index >= 15 is 0 Å². The molecule has 72 valence electrons. The molecule has 2 nitrogen and oxygen atoms in total. The summed E-state index contributed by atoms with van der Waals surface area (Å²) in [5, 5.41) is 0. The Balaban J connectivity index is 2.58. The lowest BCUT2D eigenvalue weighted by Gasteiger charge is -2.15. The number of hydrogen-bond donors (Lipinski definition) is 1. The van der Waals surface area contributed by atoms with E-state index < -0.39 is 0 Å². The molecule has 0 saturated heterocycles. The van der Waals surface area contributed by atoms with E-state index in [1.54, 1.807) is 0 Å². The summed E-state index contributed by atoms with van der Waals surface area (Å²) < 4.78 is 5.64. The summed E-state index contributed by atoms with van der Waals surface area (Å²) in [4.78, 5) is 0. The van der Waals surface area contributed by atoms with Crippen LogP contribution in [0.15, 0.2) is 24.3 Å². The van der Waals surface area contributed by atoms with Gasteiger partial charge < -0.3 is 10.5 Å². The van der Waals surface area contributed by atoms with E-state index in [-0.39, 0.29) is 6.10 Å². The Bertz CT molecular complexity index is 239. The van der Waals surface area contributed by atoms with Crippen LogP contribution in [0.4, 0.5) is 0 Å². The van der Waals surface area contributed by atoms with Crippen LogP contribution in [0.25, 0.3) is 0 Å². The summed E-state index contributed by atoms with van der Waals surface area (Å²) in [6.07, 6.45) is 1.09. The highest BCUT2D eigenvalue weighted by atomic mass is 16.5. The summed E-state index contributed by atoms with van der Waals surface area (Å²) in [5.41, 5.74) is 6.78. The van der Waals surface area contributed by atoms with Gasteiger partial charge in [0.15, 0.2) is 0 Å². The van der Waals surface area contributed by atoms with Crippen LogP contribution >= 0.6 is 0 Å². The van der Waals surface area contributed by atoms with Gasteiger partial charge >= 0.3 is 0 Å². The first-order valence-corrected chi connectivity index (χ1v) is 4.69. The third-order valence-electron chi connectivity index (χ3n) is 2.04. The zero-order valence-electron chi connectivity index (χ0n) is 8.29. The summed E-state index contributed by atoms with van der Waals surface area (Å²) in [5.74, 6) is 0.905. The lowest BCUT2D eigenvalue weighted by molar-refractivity contribution is 0.205. The minimum atomic E-state index is 0.141. The average molecular weight is 179 g/mol. The summed E-state index contributed by atoms with van der Waals surface area (Å²) >= 11 is 0. The Morgan fingerprint density at radius 3 is 2.38 bits per heavy atom. The maximum Gasteiger partial charge on any atom is 0.119 e. The minimum absolute atomic E-state index is 0.141. The number of hydrogen-bond acceptors (Lipinski definition) is 2. The van der Waals surface area contributed by atoms with Crippen LogP contribution in [0.5, 0.6) is 5.75 Å². The van der Waals surface area contributed by atoms with Crippen molar-refractivity contribution in [2.45, 2.75) is 26.4 Å². The molecule has 0 bridgehead atoms. The van der Waals surface area contributed by atoms with Crippen molar-refractivity contribution in [2.75, 3.05) is 6.54 Å². The van der Waals surface area contributed by atoms with Gasteiger partial charge in [-0.05, 0) is 25.5 Å². The van der Waals surface area contributed by atoms with E-state index in [0.717, 1.165) is 12.2 Å². The van der Waals surface area contributed by atoms with Crippen LogP contribution < -0.4 is 10.5 Å². The molecule has 0 heterocycles. The number of aryl methyl sites for hydroxylation is 1. The Morgan fingerprint density at radius 2 is 1.92 bits per heavy atom. The quantitative estimate of drug-likeness (QED) is 0.768. The zero-order chi connectivity index (χ0) is 9.68. The van der Waals surface area contributed by atoms with Gasteiger partial charge in [0.25, 0.3) is 0 Å². The highest BCUT2D eigenvalue weighted by Crippen LogP contribution is 2.13. The fraction of sp³-hybridized carbons (Fsp3) is 0.455. The first-order valence-electron chi connectivity index (χ1n) is 4.69. The molecular weight excluding hydrogens is 162 g/mol. The topological polar surface area (TPSA) is 35.2 Å². The predicted octanol–water partition coefficient (Wildman–Crippen LogP) is 2.11. The molecule has 1 rings (SSSR count). The molecule has 1 atom stereocenters. The van der Waals surface area contributed by atoms with Gasteiger partial charge in [0.1, 0.15) is 11.9 Å². The molecule has 1 aromatic carbocycles. The van der Waals surface area contributed by atoms with E-state index in [2.05, 4.69) is 13.8 Å². The first kappa shape index (κ1) is 10.1. The third kappa shape index (κ3) is 3.07. The molecule has 0 aliphatic carbocycles. The first-order chi connectivity index (χ1) is 6.26. The summed E-state index contributed by atoms with van der Waals surface area (Å²) in [6.45, 7) is 4.71. The lowest BCUT2D eigenvalue weighted by Crippen LogP contribution is -2.25. The smallest absolute Gasteiger partial charge is 0.119 e. The molecular formula is C11H17NO. The maximum atomic E-state index is 5.64. The predicted molar refractivity (Wildman–Crippen MR) is 54.9 cm³/mol. The van der Waals surface area contributed by atoms with Gasteiger partial charge in [-0.1, -0.05) is 24.6 Å². The Morgan fingerprint density at radius 1 is 1.31 bits per heavy atom. The normalized spacial score (nSPS) is 12.5. The standard InChI is InChI=1S/C11H17NO/c1-3-10(8-12)13-11-6-4-9(2)5-7-11/h4-7,10H,3,8,12H2,1-2H3. The molecule has 0 aliphatic rings. The van der Waals surface area contributed by atoms with Crippen molar-refractivity contribution in [3.8, 4) is 5.75 Å². The van der Waals surface area contributed by atoms with E-state index in [1.165, 1.54) is 5.56 Å². The average Bonchev–Trinajstić information content (AvgIpc) is 2.17. The van der Waals surface area contributed by atoms with Gasteiger partial charge in [0.05, 0.1) is 0 Å². The van der Waals surface area contributed by atoms with Gasteiger partial charge in [-0.2, -0.15) is 0 Å². The number of nitrogens with two attached hydrogens (primary N) is 1. The van der Waals surface area contributed by atoms with Gasteiger partial charge in [0.2, 0.25) is 0 Å². The van der Waals surface area contributed by atoms with Gasteiger partial charge in [-0.15, -0.1) is 0 Å². The van der Waals surface area contributed by atoms with Crippen molar-refractivity contribution in [2.24, 2.45) is 5.73 Å². The molecule has 2 heteroatoms. The van der Waals surface area contributed by atoms with E-state index in [9.17, 15) is 0 Å². The molecule has 0 amide bonds. The third-order valence-corrected chi connectivity index (χ3v) is 2.04. The highest BCUT2D eigenvalue weighted by Gasteiger charge is 2.04. The molecule has 0 aliphatic heterocycles. The molecule has 0 spiro atoms. The molecule has 0 saturated carbocycles. The van der Waals surface area contributed by atoms with Crippen molar-refractivity contribution in [3.63, 3.8) is 0 Å². The van der Waals surface area contributed by atoms with Crippen LogP contribution in [0, 0.1) is 6.92 Å². The fourth-order valence-electron chi connectivity index (χ4n) is 1.11. The van der Waals surface area contributed by atoms with Crippen LogP contribution in [-0.4, -0.2) is 12.6 Å². The molecule has 2 N–H and O–H groups in total. The largest absolute Gasteiger partial charge is 0.489 e. The van der Waals surface area contributed by atoms with Gasteiger partial charge in [-0.25, -0.2) is 0 Å². The van der Waals surface area contributed by atoms with Crippen LogP contribution in [0.3, 0.4) is 0 Å². The van der Waals surface area contributed by atoms with Crippen LogP contribution in [0.1, 0.15) is 18.9 Å². The van der Waals surface area contributed by atoms with Gasteiger partial charge in [0, 0.05) is 6.54 Å². The monoisotopic (exact) mass is 179 g/mol. The molecule has 1 aromatic rings. The number of ether oxygens (including phenoxy) is 1. The molecule has 0 radical (unpaired) electrons.